The van der Waals surface area contributed by atoms with Crippen LogP contribution >= 0.6 is 23.1 Å². The summed E-state index contributed by atoms with van der Waals surface area (Å²) in [7, 11) is 0. The van der Waals surface area contributed by atoms with Crippen LogP contribution in [0, 0.1) is 0 Å². The average Bonchev–Trinajstić information content (AvgIpc) is 3.04. The van der Waals surface area contributed by atoms with Gasteiger partial charge in [0.05, 0.1) is 22.9 Å². The third-order valence-corrected chi connectivity index (χ3v) is 5.33. The van der Waals surface area contributed by atoms with Crippen LogP contribution in [0.15, 0.2) is 23.2 Å². The molecule has 0 fully saturated rings. The van der Waals surface area contributed by atoms with E-state index in [0.29, 0.717) is 19.2 Å². The van der Waals surface area contributed by atoms with Crippen LogP contribution in [0.1, 0.15) is 18.4 Å². The smallest absolute Gasteiger partial charge is 0.149 e. The summed E-state index contributed by atoms with van der Waals surface area (Å²) in [4.78, 5) is 9.28. The van der Waals surface area contributed by atoms with Gasteiger partial charge in [0.1, 0.15) is 15.8 Å². The summed E-state index contributed by atoms with van der Waals surface area (Å²) in [6.45, 7) is 3.45. The first-order chi connectivity index (χ1) is 9.76. The van der Waals surface area contributed by atoms with Crippen molar-refractivity contribution in [2.45, 2.75) is 19.4 Å². The number of hydrogen-bond donors (Lipinski definition) is 1. The molecule has 0 spiro atoms. The van der Waals surface area contributed by atoms with E-state index in [0.717, 1.165) is 38.2 Å². The van der Waals surface area contributed by atoms with Gasteiger partial charge in [0, 0.05) is 5.75 Å². The topological polar surface area (TPSA) is 60.5 Å². The first-order valence-corrected chi connectivity index (χ1v) is 8.51. The van der Waals surface area contributed by atoms with Crippen molar-refractivity contribution in [1.29, 1.82) is 0 Å². The summed E-state index contributed by atoms with van der Waals surface area (Å²) in [6.07, 6.45) is 0.872. The van der Waals surface area contributed by atoms with Gasteiger partial charge in [-0.2, -0.15) is 0 Å². The zero-order chi connectivity index (χ0) is 13.9. The molecule has 0 saturated carbocycles. The molecule has 4 nitrogen and oxygen atoms in total. The average molecular weight is 307 g/mol. The number of ether oxygens (including phenoxy) is 1. The number of aromatic nitrogens is 1. The van der Waals surface area contributed by atoms with Gasteiger partial charge in [-0.05, 0) is 38.1 Å². The Morgan fingerprint density at radius 3 is 3.10 bits per heavy atom. The van der Waals surface area contributed by atoms with Crippen molar-refractivity contribution >= 4 is 38.4 Å². The molecule has 1 aromatic heterocycles. The minimum atomic E-state index is 0.400. The predicted octanol–water partition coefficient (Wildman–Crippen LogP) is 2.91. The fourth-order valence-corrected chi connectivity index (χ4v) is 4.04. The monoisotopic (exact) mass is 307 g/mol. The van der Waals surface area contributed by atoms with Gasteiger partial charge in [-0.3, -0.25) is 4.99 Å². The Morgan fingerprint density at radius 2 is 2.35 bits per heavy atom. The molecular formula is C14H17N3OS2. The van der Waals surface area contributed by atoms with Crippen molar-refractivity contribution in [2.24, 2.45) is 10.7 Å². The van der Waals surface area contributed by atoms with Gasteiger partial charge in [0.25, 0.3) is 0 Å². The van der Waals surface area contributed by atoms with Crippen LogP contribution in [0.2, 0.25) is 0 Å². The van der Waals surface area contributed by atoms with Crippen LogP contribution in [0.5, 0.6) is 5.75 Å². The van der Waals surface area contributed by atoms with Gasteiger partial charge < -0.3 is 10.5 Å². The maximum atomic E-state index is 5.67. The molecule has 6 heteroatoms. The van der Waals surface area contributed by atoms with Crippen molar-refractivity contribution in [2.75, 3.05) is 18.9 Å². The minimum absolute atomic E-state index is 0.400. The number of benzene rings is 1. The van der Waals surface area contributed by atoms with Crippen LogP contribution in [0.25, 0.3) is 10.2 Å². The lowest BCUT2D eigenvalue weighted by Crippen LogP contribution is -2.05. The Morgan fingerprint density at radius 1 is 1.45 bits per heavy atom. The number of aliphatic imine (C=N–C) groups is 1. The molecule has 0 bridgehead atoms. The molecule has 1 aliphatic rings. The fraction of sp³-hybridized carbons (Fsp3) is 0.429. The van der Waals surface area contributed by atoms with Crippen molar-refractivity contribution < 1.29 is 4.74 Å². The molecule has 20 heavy (non-hydrogen) atoms. The molecule has 106 valence electrons. The number of nitrogens with zero attached hydrogens (tertiary/aromatic N) is 2. The van der Waals surface area contributed by atoms with E-state index < -0.39 is 0 Å². The summed E-state index contributed by atoms with van der Waals surface area (Å²) < 4.78 is 6.82. The van der Waals surface area contributed by atoms with E-state index in [2.05, 4.69) is 23.0 Å². The second kappa shape index (κ2) is 6.11. The van der Waals surface area contributed by atoms with E-state index in [1.165, 1.54) is 0 Å². The first-order valence-electron chi connectivity index (χ1n) is 6.70. The number of hydrogen-bond acceptors (Lipinski definition) is 6. The SMILES string of the molecule is C[C@H]1CSC(c2nc3ccc(OCCCN)cc3s2)=N1. The molecule has 0 saturated heterocycles. The number of thioether (sulfide) groups is 1. The Balaban J connectivity index is 1.82. The highest BCUT2D eigenvalue weighted by molar-refractivity contribution is 8.15. The zero-order valence-electron chi connectivity index (χ0n) is 11.3. The van der Waals surface area contributed by atoms with Crippen LogP contribution in [0.4, 0.5) is 0 Å². The highest BCUT2D eigenvalue weighted by Gasteiger charge is 2.19. The van der Waals surface area contributed by atoms with Crippen molar-refractivity contribution in [1.82, 2.24) is 4.98 Å². The maximum absolute atomic E-state index is 5.67. The molecular weight excluding hydrogens is 290 g/mol. The second-order valence-corrected chi connectivity index (χ2v) is 6.77. The Hall–Kier alpha value is -1.11. The number of rotatable bonds is 5. The summed E-state index contributed by atoms with van der Waals surface area (Å²) in [5.41, 5.74) is 6.48. The Kier molecular flexibility index (Phi) is 4.24. The van der Waals surface area contributed by atoms with E-state index in [-0.39, 0.29) is 0 Å². The molecule has 1 aromatic carbocycles. The molecule has 0 amide bonds. The third kappa shape index (κ3) is 2.97. The molecule has 2 heterocycles. The standard InChI is InChI=1S/C14H17N3OS2/c1-9-8-19-13(16-9)14-17-11-4-3-10(7-12(11)20-14)18-6-2-5-15/h3-4,7,9H,2,5-6,8,15H2,1H3/t9-/m0/s1. The van der Waals surface area contributed by atoms with Gasteiger partial charge in [0.2, 0.25) is 0 Å². The third-order valence-electron chi connectivity index (χ3n) is 2.96. The van der Waals surface area contributed by atoms with Crippen LogP contribution in [0.3, 0.4) is 0 Å². The van der Waals surface area contributed by atoms with E-state index in [4.69, 9.17) is 10.5 Å². The van der Waals surface area contributed by atoms with Crippen molar-refractivity contribution in [3.8, 4) is 5.75 Å². The highest BCUT2D eigenvalue weighted by Crippen LogP contribution is 2.31. The number of thiazole rings is 1. The molecule has 2 aromatic rings. The lowest BCUT2D eigenvalue weighted by molar-refractivity contribution is 0.314. The number of nitrogens with two attached hydrogens (primary N) is 1. The van der Waals surface area contributed by atoms with Crippen molar-refractivity contribution in [3.05, 3.63) is 23.2 Å². The lowest BCUT2D eigenvalue weighted by atomic mass is 10.3. The van der Waals surface area contributed by atoms with E-state index in [1.807, 2.05) is 12.1 Å². The molecule has 0 radical (unpaired) electrons. The Labute approximate surface area is 126 Å². The van der Waals surface area contributed by atoms with Gasteiger partial charge in [0.15, 0.2) is 0 Å². The lowest BCUT2D eigenvalue weighted by Gasteiger charge is -2.04. The number of fused-ring (bicyclic) bond motifs is 1. The zero-order valence-corrected chi connectivity index (χ0v) is 13.0. The van der Waals surface area contributed by atoms with E-state index in [1.54, 1.807) is 23.1 Å². The normalized spacial score (nSPS) is 18.5. The molecule has 0 unspecified atom stereocenters. The summed E-state index contributed by atoms with van der Waals surface area (Å²) in [5.74, 6) is 1.94. The van der Waals surface area contributed by atoms with E-state index >= 15 is 0 Å². The fourth-order valence-electron chi connectivity index (χ4n) is 1.95. The molecule has 1 atom stereocenters. The molecule has 3 rings (SSSR count). The quantitative estimate of drug-likeness (QED) is 0.863. The van der Waals surface area contributed by atoms with Crippen LogP contribution in [-0.2, 0) is 0 Å². The molecule has 0 aliphatic carbocycles. The molecule has 1 aliphatic heterocycles. The maximum Gasteiger partial charge on any atom is 0.149 e. The first kappa shape index (κ1) is 13.9. The van der Waals surface area contributed by atoms with Gasteiger partial charge in [-0.25, -0.2) is 4.98 Å². The molecule has 2 N–H and O–H groups in total. The van der Waals surface area contributed by atoms with Crippen molar-refractivity contribution in [3.63, 3.8) is 0 Å². The minimum Gasteiger partial charge on any atom is -0.493 e. The van der Waals surface area contributed by atoms with Gasteiger partial charge in [-0.15, -0.1) is 23.1 Å². The summed E-state index contributed by atoms with van der Waals surface area (Å²) in [6, 6.07) is 6.43. The summed E-state index contributed by atoms with van der Waals surface area (Å²) >= 11 is 3.48. The van der Waals surface area contributed by atoms with Crippen LogP contribution in [-0.4, -0.2) is 35.0 Å². The van der Waals surface area contributed by atoms with E-state index in [9.17, 15) is 0 Å². The summed E-state index contributed by atoms with van der Waals surface area (Å²) in [5, 5.41) is 2.10. The van der Waals surface area contributed by atoms with Gasteiger partial charge >= 0.3 is 0 Å². The second-order valence-electron chi connectivity index (χ2n) is 4.73. The Bertz CT molecular complexity index is 638. The largest absolute Gasteiger partial charge is 0.493 e. The predicted molar refractivity (Wildman–Crippen MR) is 87.2 cm³/mol. The van der Waals surface area contributed by atoms with Gasteiger partial charge in [-0.1, -0.05) is 0 Å². The van der Waals surface area contributed by atoms with Crippen LogP contribution < -0.4 is 10.5 Å². The highest BCUT2D eigenvalue weighted by atomic mass is 32.2.